The highest BCUT2D eigenvalue weighted by atomic mass is 79.9. The number of rotatable bonds is 5. The van der Waals surface area contributed by atoms with Crippen LogP contribution in [0, 0.1) is 0 Å². The van der Waals surface area contributed by atoms with Crippen molar-refractivity contribution in [2.75, 3.05) is 88.6 Å². The molecule has 4 aromatic rings. The van der Waals surface area contributed by atoms with Gasteiger partial charge in [0.1, 0.15) is 26.4 Å². The van der Waals surface area contributed by atoms with Crippen molar-refractivity contribution in [3.05, 3.63) is 93.4 Å². The number of aromatic nitrogens is 2. The van der Waals surface area contributed by atoms with E-state index in [9.17, 15) is 0 Å². The Bertz CT molecular complexity index is 1660. The average molecular weight is 817 g/mol. The summed E-state index contributed by atoms with van der Waals surface area (Å²) in [4.78, 5) is 15.4. The maximum atomic E-state index is 5.85. The summed E-state index contributed by atoms with van der Waals surface area (Å²) in [7, 11) is 0. The van der Waals surface area contributed by atoms with E-state index in [0.717, 1.165) is 102 Å². The van der Waals surface area contributed by atoms with Gasteiger partial charge in [0, 0.05) is 98.5 Å². The molecule has 0 spiro atoms. The summed E-state index contributed by atoms with van der Waals surface area (Å²) in [5.74, 6) is 4.07. The van der Waals surface area contributed by atoms with E-state index < -0.39 is 0 Å². The van der Waals surface area contributed by atoms with Gasteiger partial charge < -0.3 is 34.1 Å². The number of ether oxygens (including phenoxy) is 4. The molecule has 0 amide bonds. The fraction of sp³-hybridized carbons (Fsp3) is 0.389. The summed E-state index contributed by atoms with van der Waals surface area (Å²) >= 11 is 12.3. The van der Waals surface area contributed by atoms with Crippen molar-refractivity contribution in [3.63, 3.8) is 0 Å². The quantitative estimate of drug-likeness (QED) is 0.229. The largest absolute Gasteiger partial charge is 0.486 e. The number of piperazine rings is 2. The zero-order valence-electron chi connectivity index (χ0n) is 27.3. The number of alkyl halides is 1. The van der Waals surface area contributed by atoms with E-state index in [4.69, 9.17) is 30.5 Å². The van der Waals surface area contributed by atoms with Gasteiger partial charge in [-0.25, -0.2) is 0 Å². The molecule has 8 rings (SSSR count). The summed E-state index contributed by atoms with van der Waals surface area (Å²) in [6, 6.07) is 16.3. The van der Waals surface area contributed by atoms with Crippen LogP contribution in [-0.4, -0.2) is 93.7 Å². The average Bonchev–Trinajstić information content (AvgIpc) is 3.16. The van der Waals surface area contributed by atoms with Crippen LogP contribution in [0.3, 0.4) is 0 Å². The fourth-order valence-corrected chi connectivity index (χ4v) is 6.97. The Morgan fingerprint density at radius 2 is 1.14 bits per heavy atom. The summed E-state index contributed by atoms with van der Waals surface area (Å²) in [6.07, 6.45) is 7.24. The zero-order chi connectivity index (χ0) is 33.8. The molecule has 2 saturated heterocycles. The van der Waals surface area contributed by atoms with Gasteiger partial charge >= 0.3 is 0 Å². The molecule has 2 aromatic carbocycles. The third-order valence-corrected chi connectivity index (χ3v) is 9.52. The summed E-state index contributed by atoms with van der Waals surface area (Å²) in [5, 5.41) is 3.35. The number of fused-ring (bicyclic) bond motifs is 2. The van der Waals surface area contributed by atoms with Crippen LogP contribution in [0.2, 0.25) is 0 Å². The van der Waals surface area contributed by atoms with Crippen LogP contribution < -0.4 is 34.1 Å². The molecule has 4 aliphatic rings. The number of para-hydroxylation sites is 2. The van der Waals surface area contributed by atoms with Crippen molar-refractivity contribution in [1.82, 2.24) is 20.2 Å². The van der Waals surface area contributed by atoms with Crippen molar-refractivity contribution in [2.45, 2.75) is 12.4 Å². The second kappa shape index (κ2) is 18.1. The van der Waals surface area contributed by atoms with Gasteiger partial charge in [0.25, 0.3) is 0 Å². The van der Waals surface area contributed by atoms with Gasteiger partial charge in [0.2, 0.25) is 0 Å². The van der Waals surface area contributed by atoms with Crippen LogP contribution in [-0.2, 0) is 12.4 Å². The fourth-order valence-electron chi connectivity index (χ4n) is 6.00. The Balaban J connectivity index is 0.000000143. The molecule has 6 heterocycles. The minimum absolute atomic E-state index is 0.520. The zero-order valence-corrected chi connectivity index (χ0v) is 31.3. The smallest absolute Gasteiger partial charge is 0.184 e. The van der Waals surface area contributed by atoms with Crippen LogP contribution in [0.4, 0.5) is 11.4 Å². The molecule has 0 bridgehead atoms. The normalized spacial score (nSPS) is 16.9. The second-order valence-electron chi connectivity index (χ2n) is 11.8. The number of benzene rings is 2. The molecule has 10 nitrogen and oxygen atoms in total. The Morgan fingerprint density at radius 3 is 1.67 bits per heavy atom. The molecule has 1 N–H and O–H groups in total. The van der Waals surface area contributed by atoms with Gasteiger partial charge in [0.15, 0.2) is 23.0 Å². The Hall–Kier alpha value is -3.29. The topological polar surface area (TPSA) is 84.5 Å². The first-order valence-electron chi connectivity index (χ1n) is 16.5. The van der Waals surface area contributed by atoms with Crippen molar-refractivity contribution in [1.29, 1.82) is 0 Å². The van der Waals surface area contributed by atoms with E-state index >= 15 is 0 Å². The van der Waals surface area contributed by atoms with Crippen LogP contribution in [0.15, 0.2) is 82.3 Å². The van der Waals surface area contributed by atoms with E-state index in [1.54, 1.807) is 12.4 Å². The molecular weight excluding hydrogens is 776 g/mol. The number of nitrogens with zero attached hydrogens (tertiary/aromatic N) is 5. The number of hydrogen-bond donors (Lipinski definition) is 1. The lowest BCUT2D eigenvalue weighted by molar-refractivity contribution is 0.171. The van der Waals surface area contributed by atoms with Gasteiger partial charge in [0.05, 0.1) is 11.4 Å². The highest BCUT2D eigenvalue weighted by molar-refractivity contribution is 9.10. The minimum Gasteiger partial charge on any atom is -0.486 e. The number of anilines is 2. The standard InChI is InChI=1S/C18H20BrN3O2.C12H16N2O2.C6H5BrClN/c19-15-10-14(11-20-12-15)13-21-4-6-22(7-5-21)16-2-1-3-17-18(16)24-9-8-23-17;1-2-10(14-6-4-13-5-7-14)12-11(3-1)15-8-9-16-12;7-6-1-5(2-8)3-9-4-6/h1-3,10-12H,4-9,13H2;1-3,13H,4-9H2;1,3-4H,2H2. The first-order valence-corrected chi connectivity index (χ1v) is 18.6. The lowest BCUT2D eigenvalue weighted by atomic mass is 10.2. The number of pyridine rings is 2. The molecule has 2 fully saturated rings. The van der Waals surface area contributed by atoms with Crippen molar-refractivity contribution in [3.8, 4) is 23.0 Å². The lowest BCUT2D eigenvalue weighted by Crippen LogP contribution is -2.46. The van der Waals surface area contributed by atoms with Crippen LogP contribution in [0.1, 0.15) is 11.1 Å². The Kier molecular flexibility index (Phi) is 13.1. The minimum atomic E-state index is 0.520. The number of hydrogen-bond acceptors (Lipinski definition) is 10. The molecule has 4 aliphatic heterocycles. The highest BCUT2D eigenvalue weighted by Crippen LogP contribution is 2.40. The predicted octanol–water partition coefficient (Wildman–Crippen LogP) is 6.39. The third kappa shape index (κ3) is 9.91. The molecule has 2 aromatic heterocycles. The maximum absolute atomic E-state index is 5.85. The predicted molar refractivity (Wildman–Crippen MR) is 201 cm³/mol. The van der Waals surface area contributed by atoms with E-state index in [-0.39, 0.29) is 0 Å². The Morgan fingerprint density at radius 1 is 0.633 bits per heavy atom. The monoisotopic (exact) mass is 814 g/mol. The van der Waals surface area contributed by atoms with Crippen molar-refractivity contribution >= 4 is 54.8 Å². The van der Waals surface area contributed by atoms with E-state index in [1.165, 1.54) is 11.3 Å². The first kappa shape index (κ1) is 35.5. The first-order chi connectivity index (χ1) is 24.1. The van der Waals surface area contributed by atoms with Gasteiger partial charge in [-0.3, -0.25) is 14.9 Å². The molecule has 260 valence electrons. The summed E-state index contributed by atoms with van der Waals surface area (Å²) in [6.45, 7) is 11.6. The lowest BCUT2D eigenvalue weighted by Gasteiger charge is -2.37. The van der Waals surface area contributed by atoms with Crippen molar-refractivity contribution in [2.24, 2.45) is 0 Å². The van der Waals surface area contributed by atoms with Gasteiger partial charge in [-0.1, -0.05) is 12.1 Å². The number of halogens is 3. The second-order valence-corrected chi connectivity index (χ2v) is 13.9. The number of nitrogens with one attached hydrogen (secondary N) is 1. The van der Waals surface area contributed by atoms with E-state index in [1.807, 2.05) is 42.7 Å². The van der Waals surface area contributed by atoms with Crippen LogP contribution in [0.5, 0.6) is 23.0 Å². The third-order valence-electron chi connectivity index (χ3n) is 8.35. The SMILES string of the molecule is Brc1cncc(CN2CCN(c3cccc4c3OCCO4)CC2)c1.ClCc1cncc(Br)c1.c1cc2c(c(N3CCNCC3)c1)OCCO2. The molecule has 0 saturated carbocycles. The summed E-state index contributed by atoms with van der Waals surface area (Å²) < 4.78 is 24.9. The molecule has 49 heavy (non-hydrogen) atoms. The molecule has 0 atom stereocenters. The van der Waals surface area contributed by atoms with E-state index in [0.29, 0.717) is 32.3 Å². The van der Waals surface area contributed by atoms with Crippen LogP contribution >= 0.6 is 43.5 Å². The molecule has 13 heteroatoms. The molecule has 0 aliphatic carbocycles. The van der Waals surface area contributed by atoms with Gasteiger partial charge in [-0.15, -0.1) is 11.6 Å². The maximum Gasteiger partial charge on any atom is 0.184 e. The highest BCUT2D eigenvalue weighted by Gasteiger charge is 2.24. The molecule has 0 radical (unpaired) electrons. The van der Waals surface area contributed by atoms with Gasteiger partial charge in [-0.05, 0) is 79.4 Å². The van der Waals surface area contributed by atoms with Gasteiger partial charge in [-0.2, -0.15) is 0 Å². The van der Waals surface area contributed by atoms with Crippen molar-refractivity contribution < 1.29 is 18.9 Å². The summed E-state index contributed by atoms with van der Waals surface area (Å²) in [5.41, 5.74) is 4.59. The molecule has 0 unspecified atom stereocenters. The van der Waals surface area contributed by atoms with Crippen LogP contribution in [0.25, 0.3) is 0 Å². The Labute approximate surface area is 309 Å². The molecular formula is C36H41Br2ClN6O4. The van der Waals surface area contributed by atoms with E-state index in [2.05, 4.69) is 80.0 Å².